The monoisotopic (exact) mass is 195 g/mol. The van der Waals surface area contributed by atoms with Gasteiger partial charge in [-0.15, -0.1) is 16.4 Å². The van der Waals surface area contributed by atoms with Crippen molar-refractivity contribution < 1.29 is 0 Å². The molecule has 0 unspecified atom stereocenters. The van der Waals surface area contributed by atoms with Crippen molar-refractivity contribution >= 4 is 21.6 Å². The number of rotatable bonds is 1. The Balaban J connectivity index is 2.76. The molecular weight excluding hydrogens is 186 g/mol. The molecule has 5 heteroatoms. The van der Waals surface area contributed by atoms with E-state index in [1.54, 1.807) is 0 Å². The van der Waals surface area contributed by atoms with Gasteiger partial charge in [0.1, 0.15) is 0 Å². The summed E-state index contributed by atoms with van der Waals surface area (Å²) in [5.74, 6) is 0.429. The van der Waals surface area contributed by atoms with Crippen molar-refractivity contribution in [2.24, 2.45) is 0 Å². The second kappa shape index (κ2) is 2.92. The number of nitrogens with zero attached hydrogens (tertiary/aromatic N) is 2. The van der Waals surface area contributed by atoms with Gasteiger partial charge in [0.25, 0.3) is 5.56 Å². The number of H-pyrrole nitrogens is 1. The van der Waals surface area contributed by atoms with Gasteiger partial charge in [-0.25, -0.2) is 5.10 Å². The molecular formula is C8H9N3OS. The Labute approximate surface area is 78.6 Å². The van der Waals surface area contributed by atoms with Gasteiger partial charge >= 0.3 is 0 Å². The van der Waals surface area contributed by atoms with E-state index < -0.39 is 0 Å². The van der Waals surface area contributed by atoms with E-state index in [2.05, 4.69) is 29.3 Å². The highest BCUT2D eigenvalue weighted by molar-refractivity contribution is 7.18. The molecule has 2 aromatic heterocycles. The van der Waals surface area contributed by atoms with Crippen molar-refractivity contribution in [3.63, 3.8) is 0 Å². The molecule has 0 saturated heterocycles. The van der Waals surface area contributed by atoms with Gasteiger partial charge in [-0.1, -0.05) is 19.1 Å². The summed E-state index contributed by atoms with van der Waals surface area (Å²) in [5.41, 5.74) is -0.159. The molecule has 0 spiro atoms. The summed E-state index contributed by atoms with van der Waals surface area (Å²) < 4.78 is 0. The van der Waals surface area contributed by atoms with Crippen LogP contribution in [0.2, 0.25) is 0 Å². The predicted molar refractivity (Wildman–Crippen MR) is 52.1 cm³/mol. The van der Waals surface area contributed by atoms with Crippen LogP contribution in [-0.4, -0.2) is 15.4 Å². The standard InChI is InChI=1S/C8H9N3OS/c1-4(2)6-3-5-7(12)9-11-10-8(5)13-6/h3-4H,1-2H3,(H,9,10,12). The Morgan fingerprint density at radius 3 is 2.92 bits per heavy atom. The van der Waals surface area contributed by atoms with Crippen LogP contribution in [0.3, 0.4) is 0 Å². The average Bonchev–Trinajstić information content (AvgIpc) is 2.49. The van der Waals surface area contributed by atoms with Crippen molar-refractivity contribution in [3.05, 3.63) is 21.3 Å². The Kier molecular flexibility index (Phi) is 1.88. The van der Waals surface area contributed by atoms with Gasteiger partial charge in [0.2, 0.25) is 0 Å². The molecule has 13 heavy (non-hydrogen) atoms. The van der Waals surface area contributed by atoms with Crippen LogP contribution in [-0.2, 0) is 0 Å². The Morgan fingerprint density at radius 2 is 2.31 bits per heavy atom. The van der Waals surface area contributed by atoms with E-state index >= 15 is 0 Å². The number of nitrogens with one attached hydrogen (secondary N) is 1. The number of thiophene rings is 1. The first-order chi connectivity index (χ1) is 6.18. The molecule has 0 bridgehead atoms. The number of aromatic amines is 1. The van der Waals surface area contributed by atoms with Crippen LogP contribution in [0.15, 0.2) is 10.9 Å². The van der Waals surface area contributed by atoms with Crippen LogP contribution < -0.4 is 5.56 Å². The quantitative estimate of drug-likeness (QED) is 0.750. The van der Waals surface area contributed by atoms with Crippen LogP contribution in [0.4, 0.5) is 0 Å². The van der Waals surface area contributed by atoms with Crippen LogP contribution in [0.5, 0.6) is 0 Å². The normalized spacial score (nSPS) is 11.3. The first-order valence-electron chi connectivity index (χ1n) is 4.03. The summed E-state index contributed by atoms with van der Waals surface area (Å²) >= 11 is 1.53. The second-order valence-electron chi connectivity index (χ2n) is 3.16. The van der Waals surface area contributed by atoms with Gasteiger partial charge < -0.3 is 0 Å². The lowest BCUT2D eigenvalue weighted by Crippen LogP contribution is -2.07. The van der Waals surface area contributed by atoms with Crippen LogP contribution in [0.1, 0.15) is 24.6 Å². The van der Waals surface area contributed by atoms with E-state index in [4.69, 9.17) is 0 Å². The van der Waals surface area contributed by atoms with Crippen LogP contribution in [0, 0.1) is 0 Å². The lowest BCUT2D eigenvalue weighted by molar-refractivity contribution is 0.876. The van der Waals surface area contributed by atoms with Gasteiger partial charge in [0, 0.05) is 4.88 Å². The highest BCUT2D eigenvalue weighted by atomic mass is 32.1. The molecule has 2 aromatic rings. The first-order valence-corrected chi connectivity index (χ1v) is 4.85. The molecule has 1 N–H and O–H groups in total. The lowest BCUT2D eigenvalue weighted by atomic mass is 10.2. The zero-order chi connectivity index (χ0) is 9.42. The highest BCUT2D eigenvalue weighted by Gasteiger charge is 2.08. The van der Waals surface area contributed by atoms with E-state index in [9.17, 15) is 4.79 Å². The fourth-order valence-corrected chi connectivity index (χ4v) is 2.08. The topological polar surface area (TPSA) is 58.6 Å². The fourth-order valence-electron chi connectivity index (χ4n) is 1.10. The number of aromatic nitrogens is 3. The van der Waals surface area contributed by atoms with Crippen molar-refractivity contribution in [3.8, 4) is 0 Å². The van der Waals surface area contributed by atoms with Crippen molar-refractivity contribution in [2.75, 3.05) is 0 Å². The summed E-state index contributed by atoms with van der Waals surface area (Å²) in [7, 11) is 0. The summed E-state index contributed by atoms with van der Waals surface area (Å²) in [4.78, 5) is 13.1. The molecule has 0 amide bonds. The minimum absolute atomic E-state index is 0.159. The maximum absolute atomic E-state index is 11.3. The highest BCUT2D eigenvalue weighted by Crippen LogP contribution is 2.26. The first kappa shape index (κ1) is 8.37. The van der Waals surface area contributed by atoms with E-state index in [0.29, 0.717) is 16.1 Å². The maximum Gasteiger partial charge on any atom is 0.275 e. The summed E-state index contributed by atoms with van der Waals surface area (Å²) in [5, 5.41) is 10.3. The number of hydrogen-bond acceptors (Lipinski definition) is 4. The zero-order valence-electron chi connectivity index (χ0n) is 7.37. The molecule has 0 aliphatic carbocycles. The van der Waals surface area contributed by atoms with Crippen molar-refractivity contribution in [1.82, 2.24) is 15.4 Å². The Hall–Kier alpha value is -1.23. The lowest BCUT2D eigenvalue weighted by Gasteiger charge is -1.95. The molecule has 0 saturated carbocycles. The largest absolute Gasteiger partial charge is 0.275 e. The van der Waals surface area contributed by atoms with Gasteiger partial charge in [-0.3, -0.25) is 4.79 Å². The second-order valence-corrected chi connectivity index (χ2v) is 4.23. The SMILES string of the molecule is CC(C)c1cc2c(=O)[nH]nnc2s1. The van der Waals surface area contributed by atoms with Gasteiger partial charge in [-0.05, 0) is 12.0 Å². The van der Waals surface area contributed by atoms with E-state index in [0.717, 1.165) is 0 Å². The molecule has 0 fully saturated rings. The smallest absolute Gasteiger partial charge is 0.267 e. The minimum Gasteiger partial charge on any atom is -0.267 e. The predicted octanol–water partition coefficient (Wildman–Crippen LogP) is 1.50. The Morgan fingerprint density at radius 1 is 1.54 bits per heavy atom. The van der Waals surface area contributed by atoms with E-state index in [-0.39, 0.29) is 5.56 Å². The molecule has 68 valence electrons. The summed E-state index contributed by atoms with van der Waals surface area (Å²) in [6, 6.07) is 1.89. The molecule has 0 atom stereocenters. The molecule has 0 aliphatic rings. The van der Waals surface area contributed by atoms with Gasteiger partial charge in [0.15, 0.2) is 4.83 Å². The molecule has 4 nitrogen and oxygen atoms in total. The summed E-state index contributed by atoms with van der Waals surface area (Å²) in [6.45, 7) is 4.18. The molecule has 0 aromatic carbocycles. The van der Waals surface area contributed by atoms with Crippen molar-refractivity contribution in [1.29, 1.82) is 0 Å². The van der Waals surface area contributed by atoms with Crippen molar-refractivity contribution in [2.45, 2.75) is 19.8 Å². The molecule has 0 aliphatic heterocycles. The van der Waals surface area contributed by atoms with Crippen LogP contribution in [0.25, 0.3) is 10.2 Å². The molecule has 2 heterocycles. The van der Waals surface area contributed by atoms with Crippen LogP contribution >= 0.6 is 11.3 Å². The average molecular weight is 195 g/mol. The van der Waals surface area contributed by atoms with E-state index in [1.807, 2.05) is 6.07 Å². The third kappa shape index (κ3) is 1.35. The number of hydrogen-bond donors (Lipinski definition) is 1. The van der Waals surface area contributed by atoms with E-state index in [1.165, 1.54) is 16.2 Å². The third-order valence-electron chi connectivity index (χ3n) is 1.84. The minimum atomic E-state index is -0.159. The third-order valence-corrected chi connectivity index (χ3v) is 3.16. The molecule has 2 rings (SSSR count). The van der Waals surface area contributed by atoms with Gasteiger partial charge in [0.05, 0.1) is 5.39 Å². The number of fused-ring (bicyclic) bond motifs is 1. The Bertz CT molecular complexity index is 485. The fraction of sp³-hybridized carbons (Fsp3) is 0.375. The maximum atomic E-state index is 11.3. The summed E-state index contributed by atoms with van der Waals surface area (Å²) in [6.07, 6.45) is 0. The molecule has 0 radical (unpaired) electrons. The van der Waals surface area contributed by atoms with Gasteiger partial charge in [-0.2, -0.15) is 0 Å². The zero-order valence-corrected chi connectivity index (χ0v) is 8.18.